The number of amides is 1. The molecule has 2 aromatic carbocycles. The van der Waals surface area contributed by atoms with Crippen molar-refractivity contribution in [1.82, 2.24) is 20.6 Å². The molecule has 3 aromatic rings. The highest BCUT2D eigenvalue weighted by molar-refractivity contribution is 5.95. The zero-order valence-corrected chi connectivity index (χ0v) is 14.4. The fraction of sp³-hybridized carbons (Fsp3) is 0.263. The van der Waals surface area contributed by atoms with Gasteiger partial charge in [-0.3, -0.25) is 4.79 Å². The van der Waals surface area contributed by atoms with Crippen LogP contribution in [0.15, 0.2) is 48.5 Å². The standard InChI is InChI=1S/C19H21N5O/c1-3-14-8-10-16(11-9-14)20-19(25)17(18-21-23-24-22-18)12-15-7-5-4-6-13(15)2/h4-11,17H,3,12H2,1-2H3,(H,20,25)(H,21,22,23,24)/t17-/m0/s1. The lowest BCUT2D eigenvalue weighted by Gasteiger charge is -2.15. The van der Waals surface area contributed by atoms with Crippen molar-refractivity contribution in [3.8, 4) is 0 Å². The molecule has 1 heterocycles. The van der Waals surface area contributed by atoms with Crippen molar-refractivity contribution in [3.63, 3.8) is 0 Å². The Hall–Kier alpha value is -3.02. The van der Waals surface area contributed by atoms with Crippen molar-refractivity contribution in [2.75, 3.05) is 5.32 Å². The van der Waals surface area contributed by atoms with E-state index in [-0.39, 0.29) is 5.91 Å². The van der Waals surface area contributed by atoms with E-state index >= 15 is 0 Å². The molecule has 6 heteroatoms. The van der Waals surface area contributed by atoms with E-state index in [1.165, 1.54) is 5.56 Å². The van der Waals surface area contributed by atoms with Crippen LogP contribution < -0.4 is 5.32 Å². The second kappa shape index (κ2) is 7.70. The predicted octanol–water partition coefficient (Wildman–Crippen LogP) is 3.04. The maximum atomic E-state index is 12.8. The van der Waals surface area contributed by atoms with Crippen LogP contribution >= 0.6 is 0 Å². The summed E-state index contributed by atoms with van der Waals surface area (Å²) in [6.45, 7) is 4.13. The topological polar surface area (TPSA) is 83.6 Å². The highest BCUT2D eigenvalue weighted by atomic mass is 16.1. The van der Waals surface area contributed by atoms with Gasteiger partial charge in [0.25, 0.3) is 0 Å². The third-order valence-electron chi connectivity index (χ3n) is 4.30. The molecule has 6 nitrogen and oxygen atoms in total. The monoisotopic (exact) mass is 335 g/mol. The number of rotatable bonds is 6. The van der Waals surface area contributed by atoms with Gasteiger partial charge in [0.1, 0.15) is 5.92 Å². The van der Waals surface area contributed by atoms with Crippen LogP contribution in [0.1, 0.15) is 35.4 Å². The fourth-order valence-corrected chi connectivity index (χ4v) is 2.73. The van der Waals surface area contributed by atoms with Gasteiger partial charge in [-0.2, -0.15) is 5.21 Å². The first-order valence-corrected chi connectivity index (χ1v) is 8.35. The number of aromatic amines is 1. The molecule has 3 rings (SSSR count). The molecule has 0 bridgehead atoms. The zero-order valence-electron chi connectivity index (χ0n) is 14.4. The highest BCUT2D eigenvalue weighted by Gasteiger charge is 2.26. The van der Waals surface area contributed by atoms with Crippen molar-refractivity contribution in [2.45, 2.75) is 32.6 Å². The lowest BCUT2D eigenvalue weighted by atomic mass is 9.94. The summed E-state index contributed by atoms with van der Waals surface area (Å²) in [6.07, 6.45) is 1.48. The predicted molar refractivity (Wildman–Crippen MR) is 96.3 cm³/mol. The highest BCUT2D eigenvalue weighted by Crippen LogP contribution is 2.22. The van der Waals surface area contributed by atoms with Crippen LogP contribution in [0, 0.1) is 6.92 Å². The Labute approximate surface area is 146 Å². The van der Waals surface area contributed by atoms with Crippen LogP contribution in [0.3, 0.4) is 0 Å². The van der Waals surface area contributed by atoms with Gasteiger partial charge < -0.3 is 5.32 Å². The summed E-state index contributed by atoms with van der Waals surface area (Å²) in [6, 6.07) is 15.9. The second-order valence-corrected chi connectivity index (χ2v) is 5.99. The summed E-state index contributed by atoms with van der Waals surface area (Å²) < 4.78 is 0. The molecule has 1 atom stereocenters. The Kier molecular flexibility index (Phi) is 5.18. The van der Waals surface area contributed by atoms with Gasteiger partial charge in [-0.15, -0.1) is 10.2 Å². The van der Waals surface area contributed by atoms with Gasteiger partial charge in [0.05, 0.1) is 0 Å². The van der Waals surface area contributed by atoms with E-state index in [2.05, 4.69) is 32.9 Å². The van der Waals surface area contributed by atoms with Gasteiger partial charge >= 0.3 is 0 Å². The Morgan fingerprint density at radius 3 is 2.56 bits per heavy atom. The number of aryl methyl sites for hydroxylation is 2. The average Bonchev–Trinajstić information content (AvgIpc) is 3.16. The lowest BCUT2D eigenvalue weighted by Crippen LogP contribution is -2.24. The average molecular weight is 335 g/mol. The van der Waals surface area contributed by atoms with E-state index < -0.39 is 5.92 Å². The molecule has 0 aliphatic rings. The third-order valence-corrected chi connectivity index (χ3v) is 4.30. The molecule has 128 valence electrons. The maximum Gasteiger partial charge on any atom is 0.235 e. The van der Waals surface area contributed by atoms with Gasteiger partial charge in [0, 0.05) is 5.69 Å². The molecule has 1 aromatic heterocycles. The number of tetrazole rings is 1. The normalized spacial score (nSPS) is 11.9. The molecule has 1 amide bonds. The number of aromatic nitrogens is 4. The molecular weight excluding hydrogens is 314 g/mol. The fourth-order valence-electron chi connectivity index (χ4n) is 2.73. The van der Waals surface area contributed by atoms with Crippen molar-refractivity contribution in [3.05, 3.63) is 71.0 Å². The molecule has 0 saturated carbocycles. The van der Waals surface area contributed by atoms with Crippen LogP contribution in [0.4, 0.5) is 5.69 Å². The van der Waals surface area contributed by atoms with E-state index in [4.69, 9.17) is 0 Å². The summed E-state index contributed by atoms with van der Waals surface area (Å²) in [4.78, 5) is 12.8. The number of nitrogens with one attached hydrogen (secondary N) is 2. The smallest absolute Gasteiger partial charge is 0.235 e. The van der Waals surface area contributed by atoms with Crippen LogP contribution in [0.25, 0.3) is 0 Å². The minimum atomic E-state index is -0.509. The molecular formula is C19H21N5O. The Balaban J connectivity index is 1.81. The van der Waals surface area contributed by atoms with Gasteiger partial charge in [0.2, 0.25) is 5.91 Å². The first kappa shape index (κ1) is 16.8. The van der Waals surface area contributed by atoms with E-state index in [1.807, 2.05) is 55.5 Å². The number of nitrogens with zero attached hydrogens (tertiary/aromatic N) is 3. The van der Waals surface area contributed by atoms with Gasteiger partial charge in [0.15, 0.2) is 5.82 Å². The van der Waals surface area contributed by atoms with Crippen LogP contribution in [-0.4, -0.2) is 26.5 Å². The number of hydrogen-bond donors (Lipinski definition) is 2. The summed E-state index contributed by atoms with van der Waals surface area (Å²) >= 11 is 0. The molecule has 0 aliphatic heterocycles. The minimum absolute atomic E-state index is 0.145. The van der Waals surface area contributed by atoms with E-state index in [9.17, 15) is 4.79 Å². The van der Waals surface area contributed by atoms with Crippen molar-refractivity contribution in [2.24, 2.45) is 0 Å². The quantitative estimate of drug-likeness (QED) is 0.725. The summed E-state index contributed by atoms with van der Waals surface area (Å²) in [5.74, 6) is -0.259. The van der Waals surface area contributed by atoms with Gasteiger partial charge in [-0.05, 0) is 48.6 Å². The third kappa shape index (κ3) is 4.09. The van der Waals surface area contributed by atoms with E-state index in [1.54, 1.807) is 0 Å². The van der Waals surface area contributed by atoms with Crippen molar-refractivity contribution in [1.29, 1.82) is 0 Å². The van der Waals surface area contributed by atoms with Crippen molar-refractivity contribution < 1.29 is 4.79 Å². The Morgan fingerprint density at radius 2 is 1.92 bits per heavy atom. The number of anilines is 1. The molecule has 0 unspecified atom stereocenters. The molecule has 2 N–H and O–H groups in total. The number of carbonyl (C=O) groups excluding carboxylic acids is 1. The molecule has 0 saturated heterocycles. The number of carbonyl (C=O) groups is 1. The van der Waals surface area contributed by atoms with E-state index in [0.717, 1.165) is 23.2 Å². The summed E-state index contributed by atoms with van der Waals surface area (Å²) in [5, 5.41) is 17.0. The Morgan fingerprint density at radius 1 is 1.16 bits per heavy atom. The maximum absolute atomic E-state index is 12.8. The van der Waals surface area contributed by atoms with Crippen LogP contribution in [0.5, 0.6) is 0 Å². The largest absolute Gasteiger partial charge is 0.325 e. The second-order valence-electron chi connectivity index (χ2n) is 5.99. The van der Waals surface area contributed by atoms with E-state index in [0.29, 0.717) is 12.2 Å². The first-order valence-electron chi connectivity index (χ1n) is 8.35. The molecule has 0 spiro atoms. The SMILES string of the molecule is CCc1ccc(NC(=O)[C@@H](Cc2ccccc2C)c2nn[nH]n2)cc1. The molecule has 0 radical (unpaired) electrons. The van der Waals surface area contributed by atoms with Gasteiger partial charge in [-0.25, -0.2) is 0 Å². The zero-order chi connectivity index (χ0) is 17.6. The van der Waals surface area contributed by atoms with Crippen LogP contribution in [-0.2, 0) is 17.6 Å². The Bertz CT molecular complexity index is 827. The lowest BCUT2D eigenvalue weighted by molar-refractivity contribution is -0.117. The molecule has 0 aliphatic carbocycles. The molecule has 25 heavy (non-hydrogen) atoms. The van der Waals surface area contributed by atoms with Gasteiger partial charge in [-0.1, -0.05) is 48.5 Å². The first-order chi connectivity index (χ1) is 12.2. The van der Waals surface area contributed by atoms with Crippen LogP contribution in [0.2, 0.25) is 0 Å². The molecule has 0 fully saturated rings. The number of hydrogen-bond acceptors (Lipinski definition) is 4. The minimum Gasteiger partial charge on any atom is -0.325 e. The summed E-state index contributed by atoms with van der Waals surface area (Å²) in [5.41, 5.74) is 4.22. The summed E-state index contributed by atoms with van der Waals surface area (Å²) in [7, 11) is 0. The number of H-pyrrole nitrogens is 1. The van der Waals surface area contributed by atoms with Crippen molar-refractivity contribution >= 4 is 11.6 Å². The number of benzene rings is 2.